The Labute approximate surface area is 179 Å². The Morgan fingerprint density at radius 3 is 1.97 bits per heavy atom. The number of benzene rings is 1. The van der Waals surface area contributed by atoms with E-state index < -0.39 is 28.4 Å². The number of esters is 1. The Kier molecular flexibility index (Phi) is 9.17. The summed E-state index contributed by atoms with van der Waals surface area (Å²) in [4.78, 5) is 38.4. The molecule has 1 aromatic rings. The molecule has 0 aliphatic rings. The average molecular weight is 436 g/mol. The molecule has 162 valence electrons. The van der Waals surface area contributed by atoms with Crippen molar-refractivity contribution < 1.29 is 32.1 Å². The summed E-state index contributed by atoms with van der Waals surface area (Å²) in [6.45, 7) is 2.23. The average Bonchev–Trinajstić information content (AvgIpc) is 2.64. The molecule has 0 unspecified atom stereocenters. The third kappa shape index (κ3) is 6.12. The first-order chi connectivity index (χ1) is 13.9. The van der Waals surface area contributed by atoms with Gasteiger partial charge in [-0.2, -0.15) is 8.42 Å². The minimum Gasteiger partial charge on any atom is -0.461 e. The Bertz CT molecular complexity index is 951. The molecule has 2 amide bonds. The first-order valence-electron chi connectivity index (χ1n) is 9.74. The molecule has 9 nitrogen and oxygen atoms in total. The molecule has 0 saturated carbocycles. The van der Waals surface area contributed by atoms with Gasteiger partial charge in [0.2, 0.25) is 11.8 Å². The highest BCUT2D eigenvalue weighted by Gasteiger charge is 2.29. The van der Waals surface area contributed by atoms with Crippen molar-refractivity contribution in [3.05, 3.63) is 22.3 Å². The number of nitrogens with zero attached hydrogens (tertiary/aromatic N) is 1. The molecule has 1 aromatic carbocycles. The number of hydrogen-bond donors (Lipinski definition) is 2. The lowest BCUT2D eigenvalue weighted by atomic mass is 9.78. The van der Waals surface area contributed by atoms with Crippen LogP contribution in [-0.2, 0) is 43.4 Å². The molecular formula is C17H27B3N2O7S. The maximum absolute atomic E-state index is 13.0. The van der Waals surface area contributed by atoms with Gasteiger partial charge in [0.05, 0.1) is 11.3 Å². The van der Waals surface area contributed by atoms with Crippen LogP contribution >= 0.6 is 0 Å². The van der Waals surface area contributed by atoms with Gasteiger partial charge in [0, 0.05) is 26.6 Å². The van der Waals surface area contributed by atoms with Gasteiger partial charge in [-0.1, -0.05) is 19.0 Å². The van der Waals surface area contributed by atoms with Crippen LogP contribution in [0.3, 0.4) is 0 Å². The first kappa shape index (κ1) is 25.8. The van der Waals surface area contributed by atoms with Crippen molar-refractivity contribution in [1.29, 1.82) is 0 Å². The molecule has 1 rings (SSSR count). The van der Waals surface area contributed by atoms with E-state index in [1.165, 1.54) is 18.7 Å². The molecule has 0 aliphatic carbocycles. The van der Waals surface area contributed by atoms with Crippen molar-refractivity contribution in [3.8, 4) is 0 Å². The van der Waals surface area contributed by atoms with E-state index in [1.54, 1.807) is 7.05 Å². The zero-order valence-corrected chi connectivity index (χ0v) is 19.1. The fourth-order valence-electron chi connectivity index (χ4n) is 3.40. The molecule has 0 bridgehead atoms. The van der Waals surface area contributed by atoms with Crippen LogP contribution in [0.2, 0.25) is 0 Å². The summed E-state index contributed by atoms with van der Waals surface area (Å²) < 4.78 is 35.9. The van der Waals surface area contributed by atoms with Crippen LogP contribution in [0, 0.1) is 0 Å². The molecule has 0 aromatic heterocycles. The summed E-state index contributed by atoms with van der Waals surface area (Å²) in [6.07, 6.45) is 1.29. The highest BCUT2D eigenvalue weighted by atomic mass is 32.2. The Hall–Kier alpha value is -2.27. The van der Waals surface area contributed by atoms with Gasteiger partial charge < -0.3 is 15.0 Å². The molecule has 13 heteroatoms. The SMILES string of the molecule is BCc1c(NC(C)=O)c(CB)c(N(C)C(C)=O)c(CB)c1C(=O)OCCS(=O)(=O)O. The maximum atomic E-state index is 13.0. The lowest BCUT2D eigenvalue weighted by Crippen LogP contribution is -2.29. The summed E-state index contributed by atoms with van der Waals surface area (Å²) in [7, 11) is 2.85. The lowest BCUT2D eigenvalue weighted by molar-refractivity contribution is -0.116. The van der Waals surface area contributed by atoms with E-state index in [1.807, 2.05) is 23.5 Å². The van der Waals surface area contributed by atoms with E-state index in [2.05, 4.69) is 5.32 Å². The van der Waals surface area contributed by atoms with Crippen LogP contribution < -0.4 is 10.2 Å². The summed E-state index contributed by atoms with van der Waals surface area (Å²) in [6, 6.07) is 0. The third-order valence-electron chi connectivity index (χ3n) is 4.73. The van der Waals surface area contributed by atoms with Crippen LogP contribution in [0.25, 0.3) is 0 Å². The van der Waals surface area contributed by atoms with Gasteiger partial charge in [0.15, 0.2) is 0 Å². The van der Waals surface area contributed by atoms with Crippen LogP contribution in [0.4, 0.5) is 11.4 Å². The predicted molar refractivity (Wildman–Crippen MR) is 123 cm³/mol. The molecular weight excluding hydrogens is 409 g/mol. The number of anilines is 2. The zero-order valence-electron chi connectivity index (χ0n) is 18.3. The topological polar surface area (TPSA) is 130 Å². The van der Waals surface area contributed by atoms with E-state index in [9.17, 15) is 22.8 Å². The van der Waals surface area contributed by atoms with Crippen LogP contribution in [-0.4, -0.2) is 73.7 Å². The minimum absolute atomic E-state index is 0.194. The molecule has 0 spiro atoms. The Morgan fingerprint density at radius 2 is 1.57 bits per heavy atom. The van der Waals surface area contributed by atoms with Crippen molar-refractivity contribution in [2.24, 2.45) is 0 Å². The predicted octanol–water partition coefficient (Wildman–Crippen LogP) is -1.93. The van der Waals surface area contributed by atoms with Gasteiger partial charge in [0.1, 0.15) is 35.9 Å². The normalized spacial score (nSPS) is 11.1. The third-order valence-corrected chi connectivity index (χ3v) is 5.41. The van der Waals surface area contributed by atoms with Crippen molar-refractivity contribution >= 4 is 62.8 Å². The van der Waals surface area contributed by atoms with Crippen LogP contribution in [0.1, 0.15) is 40.9 Å². The van der Waals surface area contributed by atoms with Gasteiger partial charge in [-0.15, -0.1) is 0 Å². The Balaban J connectivity index is 3.83. The van der Waals surface area contributed by atoms with Gasteiger partial charge in [-0.25, -0.2) is 4.79 Å². The summed E-state index contributed by atoms with van der Waals surface area (Å²) in [5.74, 6) is -2.08. The quantitative estimate of drug-likeness (QED) is 0.262. The molecule has 2 N–H and O–H groups in total. The molecule has 0 heterocycles. The molecule has 0 radical (unpaired) electrons. The fraction of sp³-hybridized carbons (Fsp3) is 0.471. The van der Waals surface area contributed by atoms with E-state index in [0.29, 0.717) is 41.5 Å². The summed E-state index contributed by atoms with van der Waals surface area (Å²) >= 11 is 0. The number of amides is 2. The minimum atomic E-state index is -4.29. The standard InChI is InChI=1S/C17H27B3N2O7S/c1-9(23)21-15-11(6-18)14(17(25)29-4-5-30(26,27)28)12(7-19)16(13(15)8-20)22(3)10(2)24/h4-8,18-20H2,1-3H3,(H,21,23)(H,26,27,28). The van der Waals surface area contributed by atoms with E-state index in [0.717, 1.165) is 5.56 Å². The lowest BCUT2D eigenvalue weighted by Gasteiger charge is -2.29. The second-order valence-electron chi connectivity index (χ2n) is 6.78. The number of nitrogens with one attached hydrogen (secondary N) is 1. The van der Waals surface area contributed by atoms with Crippen molar-refractivity contribution in [3.63, 3.8) is 0 Å². The van der Waals surface area contributed by atoms with Crippen LogP contribution in [0.15, 0.2) is 0 Å². The zero-order chi connectivity index (χ0) is 23.2. The molecule has 0 saturated heterocycles. The number of carbonyl (C=O) groups excluding carboxylic acids is 3. The highest BCUT2D eigenvalue weighted by Crippen LogP contribution is 2.39. The van der Waals surface area contributed by atoms with E-state index in [4.69, 9.17) is 9.29 Å². The van der Waals surface area contributed by atoms with E-state index in [-0.39, 0.29) is 17.4 Å². The molecule has 0 aliphatic heterocycles. The van der Waals surface area contributed by atoms with Gasteiger partial charge >= 0.3 is 5.97 Å². The second-order valence-corrected chi connectivity index (χ2v) is 8.35. The fourth-order valence-corrected chi connectivity index (χ4v) is 3.69. The molecule has 30 heavy (non-hydrogen) atoms. The maximum Gasteiger partial charge on any atom is 0.338 e. The smallest absolute Gasteiger partial charge is 0.338 e. The van der Waals surface area contributed by atoms with E-state index >= 15 is 0 Å². The second kappa shape index (κ2) is 10.7. The van der Waals surface area contributed by atoms with Crippen molar-refractivity contribution in [2.45, 2.75) is 32.8 Å². The van der Waals surface area contributed by atoms with Crippen molar-refractivity contribution in [2.75, 3.05) is 29.6 Å². The summed E-state index contributed by atoms with van der Waals surface area (Å²) in [5, 5.41) is 2.78. The monoisotopic (exact) mass is 436 g/mol. The number of carbonyl (C=O) groups is 3. The number of hydrogen-bond acceptors (Lipinski definition) is 6. The summed E-state index contributed by atoms with van der Waals surface area (Å²) in [5.41, 5.74) is 3.03. The Morgan fingerprint density at radius 1 is 1.03 bits per heavy atom. The molecule has 0 atom stereocenters. The molecule has 0 fully saturated rings. The van der Waals surface area contributed by atoms with Crippen molar-refractivity contribution in [1.82, 2.24) is 0 Å². The van der Waals surface area contributed by atoms with Gasteiger partial charge in [0.25, 0.3) is 10.1 Å². The van der Waals surface area contributed by atoms with Gasteiger partial charge in [-0.3, -0.25) is 14.1 Å². The first-order valence-corrected chi connectivity index (χ1v) is 11.3. The largest absolute Gasteiger partial charge is 0.461 e. The number of rotatable bonds is 9. The highest BCUT2D eigenvalue weighted by molar-refractivity contribution is 7.85. The van der Waals surface area contributed by atoms with Crippen LogP contribution in [0.5, 0.6) is 0 Å². The number of ether oxygens (including phenoxy) is 1. The van der Waals surface area contributed by atoms with Gasteiger partial charge in [-0.05, 0) is 16.7 Å².